The van der Waals surface area contributed by atoms with Crippen LogP contribution in [0.15, 0.2) is 0 Å². The van der Waals surface area contributed by atoms with Crippen molar-refractivity contribution in [3.05, 3.63) is 0 Å². The molecule has 105 heavy (non-hydrogen) atoms. The molecule has 0 spiro atoms. The van der Waals surface area contributed by atoms with E-state index in [1.54, 1.807) is 0 Å². The summed E-state index contributed by atoms with van der Waals surface area (Å²) in [4.78, 5) is 161. The Bertz CT molecular complexity index is 3190. The first kappa shape index (κ1) is 83.3. The molecule has 1 aromatic rings. The maximum absolute atomic E-state index is 14.1. The van der Waals surface area contributed by atoms with Gasteiger partial charge in [-0.1, -0.05) is 25.7 Å². The number of rotatable bonds is 44. The molecule has 40 heteroatoms. The van der Waals surface area contributed by atoms with Gasteiger partial charge in [0.15, 0.2) is 0 Å². The zero-order valence-electron chi connectivity index (χ0n) is 59.4. The van der Waals surface area contributed by atoms with E-state index in [0.717, 1.165) is 50.0 Å². The van der Waals surface area contributed by atoms with Crippen LogP contribution in [0.25, 0.3) is 0 Å². The summed E-state index contributed by atoms with van der Waals surface area (Å²) in [5.41, 5.74) is 0. The van der Waals surface area contributed by atoms with Gasteiger partial charge < -0.3 is 83.6 Å². The number of carbonyl (C=O) groups is 11. The summed E-state index contributed by atoms with van der Waals surface area (Å²) in [6, 6.07) is -2.77. The van der Waals surface area contributed by atoms with Gasteiger partial charge in [-0.05, 0) is 103 Å². The Labute approximate surface area is 621 Å². The van der Waals surface area contributed by atoms with Crippen molar-refractivity contribution in [3.8, 4) is 0 Å². The minimum Gasteiger partial charge on any atom is -0.481 e. The molecule has 7 fully saturated rings. The van der Waals surface area contributed by atoms with Crippen molar-refractivity contribution in [1.82, 2.24) is 78.8 Å². The number of hydrogen-bond donors (Lipinski definition) is 15. The van der Waals surface area contributed by atoms with Gasteiger partial charge in [0.1, 0.15) is 12.1 Å². The number of unbranched alkanes of at least 4 members (excludes halogenated alkanes) is 6. The molecular formula is C65H106N18O18S4. The number of nitrogens with one attached hydrogen (secondary N) is 12. The minimum absolute atomic E-state index is 0.0591. The van der Waals surface area contributed by atoms with Gasteiger partial charge in [0, 0.05) is 138 Å². The van der Waals surface area contributed by atoms with E-state index in [2.05, 4.69) is 63.8 Å². The number of aromatic nitrogens is 3. The van der Waals surface area contributed by atoms with Crippen molar-refractivity contribution in [2.75, 3.05) is 103 Å². The lowest BCUT2D eigenvalue weighted by molar-refractivity contribution is -0.142. The zero-order chi connectivity index (χ0) is 75.5. The number of aliphatic carboxylic acids is 1. The molecule has 588 valence electrons. The standard InChI is InChI=1S/C65H106N18O18S4/c84-50(13-7-5-11-48-56-46(39-102-48)74-64(94)76-56)66-27-9-1-3-15-54(88)72-44(17-19-52(86)68-29-37-104(96,97)98)58(90)70-42-23-33-82(34-24-42)62-78-61(81-31-21-41(22-32-81)60(92)93)79-63(80-62)83-35-25-43(26-36-83)71-59(91)45(18-20-53(87)69-30-38-105(99,100)101)73-55(89)16-4-2-10-28-67-51(85)14-8-6-12-49-57-47(40-103-49)75-65(95)77-57/h41-49,56-57H,1-40H2,(H,66,84)(H,67,85)(H,68,86)(H,69,87)(H,70,90)(H,71,91)(H,72,88)(H,73,89)(H,92,93)(H2,74,76,94)(H2,75,77,95)(H,96,97,98)(H,99,100,101)/t44?,45?,46?,47?,48-,49+,56?,57?. The average molecular weight is 1560 g/mol. The first-order valence-corrected chi connectivity index (χ1v) is 42.3. The van der Waals surface area contributed by atoms with Crippen LogP contribution in [0.1, 0.15) is 167 Å². The Hall–Kier alpha value is -7.30. The van der Waals surface area contributed by atoms with Crippen molar-refractivity contribution in [2.24, 2.45) is 5.92 Å². The van der Waals surface area contributed by atoms with Crippen molar-refractivity contribution < 1.29 is 83.8 Å². The smallest absolute Gasteiger partial charge is 0.315 e. The van der Waals surface area contributed by atoms with Crippen LogP contribution in [0.4, 0.5) is 27.4 Å². The maximum atomic E-state index is 14.1. The molecule has 15 N–H and O–H groups in total. The van der Waals surface area contributed by atoms with E-state index in [4.69, 9.17) is 24.1 Å². The van der Waals surface area contributed by atoms with E-state index in [1.165, 1.54) is 0 Å². The predicted molar refractivity (Wildman–Crippen MR) is 391 cm³/mol. The molecule has 8 rings (SSSR count). The van der Waals surface area contributed by atoms with Crippen LogP contribution in [0.2, 0.25) is 0 Å². The summed E-state index contributed by atoms with van der Waals surface area (Å²) in [6.07, 6.45) is 10.9. The molecule has 8 atom stereocenters. The number of anilines is 3. The lowest BCUT2D eigenvalue weighted by Gasteiger charge is -2.36. The Kier molecular flexibility index (Phi) is 33.1. The van der Waals surface area contributed by atoms with Gasteiger partial charge in [0.05, 0.1) is 41.6 Å². The minimum atomic E-state index is -4.35. The molecular weight excluding hydrogens is 1450 g/mol. The van der Waals surface area contributed by atoms with Crippen LogP contribution in [-0.2, 0) is 63.4 Å². The molecule has 0 aromatic carbocycles. The molecule has 1 aromatic heterocycles. The van der Waals surface area contributed by atoms with Crippen molar-refractivity contribution in [2.45, 2.75) is 226 Å². The molecule has 7 aliphatic rings. The second kappa shape index (κ2) is 41.7. The molecule has 12 amide bonds. The van der Waals surface area contributed by atoms with Gasteiger partial charge in [-0.3, -0.25) is 52.3 Å². The fourth-order valence-corrected chi connectivity index (χ4v) is 17.7. The van der Waals surface area contributed by atoms with Gasteiger partial charge in [-0.2, -0.15) is 55.3 Å². The lowest BCUT2D eigenvalue weighted by Crippen LogP contribution is -2.53. The molecule has 36 nitrogen and oxygen atoms in total. The Morgan fingerprint density at radius 1 is 0.448 bits per heavy atom. The SMILES string of the molecule is O=C(CCCC[C@@H]1SCC2NC(=O)NC21)NCCCCCC(=O)NC(CCC(=O)NCCS(=O)(=O)O)C(=O)NC1CCN(c2nc(N3CCC(NC(=O)C(CCC(=O)NCCS(=O)(=O)O)NC(=O)CCCCCNC(=O)CCCC[C@H]4SCC5NC(=O)NC54)CC3)nc(N3CCC(C(=O)O)CC3)n2)CC1. The van der Waals surface area contributed by atoms with Crippen molar-refractivity contribution >= 4 is 127 Å². The molecule has 6 unspecified atom stereocenters. The third-order valence-corrected chi connectivity index (χ3v) is 24.4. The Morgan fingerprint density at radius 3 is 1.16 bits per heavy atom. The van der Waals surface area contributed by atoms with Gasteiger partial charge in [0.2, 0.25) is 65.1 Å². The van der Waals surface area contributed by atoms with Gasteiger partial charge >= 0.3 is 18.0 Å². The topological polar surface area (TPSA) is 509 Å². The molecule has 0 saturated carbocycles. The van der Waals surface area contributed by atoms with Crippen molar-refractivity contribution in [1.29, 1.82) is 0 Å². The van der Waals surface area contributed by atoms with E-state index in [-0.39, 0.29) is 112 Å². The van der Waals surface area contributed by atoms with Gasteiger partial charge in [-0.25, -0.2) is 9.59 Å². The molecule has 8 heterocycles. The summed E-state index contributed by atoms with van der Waals surface area (Å²) < 4.78 is 63.4. The Morgan fingerprint density at radius 2 is 0.790 bits per heavy atom. The number of hydrogen-bond acceptors (Lipinski definition) is 23. The van der Waals surface area contributed by atoms with Crippen LogP contribution < -0.4 is 78.5 Å². The lowest BCUT2D eigenvalue weighted by atomic mass is 9.97. The number of fused-ring (bicyclic) bond motifs is 2. The number of amides is 12. The summed E-state index contributed by atoms with van der Waals surface area (Å²) in [5, 5.41) is 44.6. The maximum Gasteiger partial charge on any atom is 0.315 e. The fourth-order valence-electron chi connectivity index (χ4n) is 13.9. The van der Waals surface area contributed by atoms with Gasteiger partial charge in [-0.15, -0.1) is 0 Å². The van der Waals surface area contributed by atoms with Crippen molar-refractivity contribution in [3.63, 3.8) is 0 Å². The summed E-state index contributed by atoms with van der Waals surface area (Å²) >= 11 is 3.67. The Balaban J connectivity index is 0.796. The van der Waals surface area contributed by atoms with Crippen LogP contribution in [-0.4, -0.2) is 259 Å². The first-order valence-electron chi connectivity index (χ1n) is 37.0. The largest absolute Gasteiger partial charge is 0.481 e. The quantitative estimate of drug-likeness (QED) is 0.0226. The highest BCUT2D eigenvalue weighted by atomic mass is 32.2. The number of carbonyl (C=O) groups excluding carboxylic acids is 10. The highest BCUT2D eigenvalue weighted by Crippen LogP contribution is 2.35. The normalized spacial score (nSPS) is 21.9. The second-order valence-corrected chi connectivity index (χ2v) is 33.7. The number of carboxylic acids is 1. The number of nitrogens with zero attached hydrogens (tertiary/aromatic N) is 6. The summed E-state index contributed by atoms with van der Waals surface area (Å²) in [7, 11) is -8.70. The monoisotopic (exact) mass is 1550 g/mol. The van der Waals surface area contributed by atoms with E-state index in [0.29, 0.717) is 171 Å². The van der Waals surface area contributed by atoms with E-state index < -0.39 is 91.2 Å². The molecule has 0 bridgehead atoms. The summed E-state index contributed by atoms with van der Waals surface area (Å²) in [6.45, 7) is 2.34. The molecule has 0 radical (unpaired) electrons. The number of urea groups is 2. The molecule has 0 aliphatic carbocycles. The summed E-state index contributed by atoms with van der Waals surface area (Å²) in [5.74, 6) is -3.29. The highest BCUT2D eigenvalue weighted by Gasteiger charge is 2.44. The predicted octanol–water partition coefficient (Wildman–Crippen LogP) is -0.315. The molecule has 7 aliphatic heterocycles. The fraction of sp³-hybridized carbons (Fsp3) is 0.785. The average Bonchev–Trinajstić information content (AvgIpc) is 1.60. The second-order valence-electron chi connectivity index (χ2n) is 28.0. The van der Waals surface area contributed by atoms with Crippen LogP contribution >= 0.6 is 23.5 Å². The van der Waals surface area contributed by atoms with E-state index in [9.17, 15) is 74.7 Å². The zero-order valence-corrected chi connectivity index (χ0v) is 62.7. The number of piperidine rings is 3. The van der Waals surface area contributed by atoms with Crippen LogP contribution in [0, 0.1) is 5.92 Å². The number of thioether (sulfide) groups is 2. The molecule has 7 saturated heterocycles. The third-order valence-electron chi connectivity index (χ3n) is 19.9. The number of carboxylic acid groups (broad SMARTS) is 1. The first-order chi connectivity index (χ1) is 50.2. The van der Waals surface area contributed by atoms with Crippen LogP contribution in [0.3, 0.4) is 0 Å². The highest BCUT2D eigenvalue weighted by molar-refractivity contribution is 8.00. The van der Waals surface area contributed by atoms with Gasteiger partial charge in [0.25, 0.3) is 20.2 Å². The van der Waals surface area contributed by atoms with E-state index in [1.807, 2.05) is 38.2 Å². The van der Waals surface area contributed by atoms with E-state index >= 15 is 0 Å². The van der Waals surface area contributed by atoms with Crippen LogP contribution in [0.5, 0.6) is 0 Å². The third kappa shape index (κ3) is 29.1.